The Morgan fingerprint density at radius 2 is 2.04 bits per heavy atom. The molecule has 0 fully saturated rings. The first kappa shape index (κ1) is 17.9. The van der Waals surface area contributed by atoms with Crippen LogP contribution >= 0.6 is 11.6 Å². The van der Waals surface area contributed by atoms with Gasteiger partial charge in [0.2, 0.25) is 0 Å². The lowest BCUT2D eigenvalue weighted by molar-refractivity contribution is -0.123. The van der Waals surface area contributed by atoms with Crippen LogP contribution in [0.25, 0.3) is 0 Å². The van der Waals surface area contributed by atoms with E-state index in [1.807, 2.05) is 32.9 Å². The zero-order valence-electron chi connectivity index (χ0n) is 13.8. The van der Waals surface area contributed by atoms with E-state index in [1.54, 1.807) is 18.3 Å². The number of hydrogen-bond donors (Lipinski definition) is 3. The van der Waals surface area contributed by atoms with E-state index in [9.17, 15) is 9.59 Å². The number of ether oxygens (including phenoxy) is 1. The molecular weight excluding hydrogens is 330 g/mol. The maximum Gasteiger partial charge on any atom is 0.286 e. The number of carbonyl (C=O) groups excluding carboxylic acids is 2. The fraction of sp³-hybridized carbons (Fsp3) is 0.294. The van der Waals surface area contributed by atoms with Gasteiger partial charge in [0.15, 0.2) is 6.61 Å². The summed E-state index contributed by atoms with van der Waals surface area (Å²) in [5, 5.41) is 0.661. The summed E-state index contributed by atoms with van der Waals surface area (Å²) in [7, 11) is 0. The molecule has 0 saturated carbocycles. The highest BCUT2D eigenvalue weighted by Gasteiger charge is 2.13. The third-order valence-corrected chi connectivity index (χ3v) is 3.84. The molecule has 0 saturated heterocycles. The Bertz CT molecular complexity index is 727. The van der Waals surface area contributed by atoms with Crippen molar-refractivity contribution in [2.24, 2.45) is 0 Å². The number of benzene rings is 1. The molecule has 0 atom stereocenters. The van der Waals surface area contributed by atoms with Gasteiger partial charge in [-0.05, 0) is 48.2 Å². The summed E-state index contributed by atoms with van der Waals surface area (Å²) < 4.78 is 5.59. The molecular formula is C17H20ClN3O3. The number of aromatic amines is 1. The molecule has 6 nitrogen and oxygen atoms in total. The van der Waals surface area contributed by atoms with Gasteiger partial charge < -0.3 is 9.72 Å². The van der Waals surface area contributed by atoms with Gasteiger partial charge in [0.05, 0.1) is 0 Å². The Hall–Kier alpha value is -2.47. The van der Waals surface area contributed by atoms with Crippen molar-refractivity contribution in [3.63, 3.8) is 0 Å². The number of nitrogens with one attached hydrogen (secondary N) is 3. The van der Waals surface area contributed by atoms with Crippen LogP contribution < -0.4 is 15.6 Å². The first-order valence-corrected chi connectivity index (χ1v) is 7.91. The van der Waals surface area contributed by atoms with Crippen LogP contribution in [-0.2, 0) is 4.79 Å². The molecule has 0 aliphatic heterocycles. The minimum atomic E-state index is -0.461. The summed E-state index contributed by atoms with van der Waals surface area (Å²) in [5.41, 5.74) is 6.76. The van der Waals surface area contributed by atoms with Crippen molar-refractivity contribution in [1.82, 2.24) is 15.8 Å². The van der Waals surface area contributed by atoms with Gasteiger partial charge in [0.25, 0.3) is 11.8 Å². The third kappa shape index (κ3) is 4.52. The van der Waals surface area contributed by atoms with E-state index < -0.39 is 11.8 Å². The van der Waals surface area contributed by atoms with Gasteiger partial charge in [-0.1, -0.05) is 25.4 Å². The highest BCUT2D eigenvalue weighted by molar-refractivity contribution is 6.31. The summed E-state index contributed by atoms with van der Waals surface area (Å²) in [5.74, 6) is -0.0812. The third-order valence-electron chi connectivity index (χ3n) is 3.43. The molecule has 2 aromatic rings. The molecule has 24 heavy (non-hydrogen) atoms. The molecule has 0 radical (unpaired) electrons. The van der Waals surface area contributed by atoms with Crippen LogP contribution in [0.3, 0.4) is 0 Å². The van der Waals surface area contributed by atoms with Gasteiger partial charge in [-0.15, -0.1) is 0 Å². The average molecular weight is 350 g/mol. The molecule has 1 heterocycles. The van der Waals surface area contributed by atoms with Crippen LogP contribution in [0.4, 0.5) is 0 Å². The van der Waals surface area contributed by atoms with Crippen molar-refractivity contribution in [2.45, 2.75) is 26.7 Å². The Morgan fingerprint density at radius 3 is 2.67 bits per heavy atom. The second kappa shape index (κ2) is 7.88. The molecule has 2 rings (SSSR count). The van der Waals surface area contributed by atoms with Crippen molar-refractivity contribution in [3.05, 3.63) is 52.3 Å². The maximum atomic E-state index is 11.8. The smallest absolute Gasteiger partial charge is 0.286 e. The molecule has 0 spiro atoms. The second-order valence-corrected chi connectivity index (χ2v) is 6.08. The van der Waals surface area contributed by atoms with E-state index in [1.165, 1.54) is 0 Å². The van der Waals surface area contributed by atoms with Crippen LogP contribution in [-0.4, -0.2) is 23.4 Å². The number of hydrazine groups is 1. The summed E-state index contributed by atoms with van der Waals surface area (Å²) in [6.45, 7) is 5.69. The van der Waals surface area contributed by atoms with E-state index in [0.29, 0.717) is 16.5 Å². The van der Waals surface area contributed by atoms with Gasteiger partial charge >= 0.3 is 0 Å². The quantitative estimate of drug-likeness (QED) is 0.726. The second-order valence-electron chi connectivity index (χ2n) is 5.67. The van der Waals surface area contributed by atoms with E-state index in [-0.39, 0.29) is 12.5 Å². The molecule has 0 aliphatic rings. The lowest BCUT2D eigenvalue weighted by Crippen LogP contribution is -2.44. The molecule has 1 aromatic carbocycles. The van der Waals surface area contributed by atoms with Gasteiger partial charge in [-0.2, -0.15) is 0 Å². The van der Waals surface area contributed by atoms with Crippen molar-refractivity contribution < 1.29 is 14.3 Å². The number of aryl methyl sites for hydroxylation is 1. The fourth-order valence-electron chi connectivity index (χ4n) is 2.09. The van der Waals surface area contributed by atoms with Gasteiger partial charge in [-0.25, -0.2) is 0 Å². The first-order chi connectivity index (χ1) is 11.4. The predicted molar refractivity (Wildman–Crippen MR) is 92.2 cm³/mol. The molecule has 0 bridgehead atoms. The van der Waals surface area contributed by atoms with E-state index in [0.717, 1.165) is 11.1 Å². The lowest BCUT2D eigenvalue weighted by Gasteiger charge is -2.16. The zero-order valence-corrected chi connectivity index (χ0v) is 14.5. The maximum absolute atomic E-state index is 11.8. The van der Waals surface area contributed by atoms with Gasteiger partial charge in [-0.3, -0.25) is 20.4 Å². The Labute approximate surface area is 145 Å². The zero-order chi connectivity index (χ0) is 17.7. The lowest BCUT2D eigenvalue weighted by atomic mass is 10.0. The fourth-order valence-corrected chi connectivity index (χ4v) is 2.26. The summed E-state index contributed by atoms with van der Waals surface area (Å²) in [4.78, 5) is 26.3. The number of aromatic nitrogens is 1. The Kier molecular flexibility index (Phi) is 5.87. The van der Waals surface area contributed by atoms with Crippen LogP contribution in [0.1, 0.15) is 41.4 Å². The van der Waals surface area contributed by atoms with E-state index in [4.69, 9.17) is 16.3 Å². The summed E-state index contributed by atoms with van der Waals surface area (Å²) >= 11 is 6.14. The molecule has 128 valence electrons. The first-order valence-electron chi connectivity index (χ1n) is 7.54. The number of amides is 2. The van der Waals surface area contributed by atoms with Crippen molar-refractivity contribution >= 4 is 23.4 Å². The standard InChI is InChI=1S/C17H20ClN3O3/c1-10(2)12-8-13(18)11(3)7-15(12)24-9-16(22)20-21-17(23)14-5-4-6-19-14/h4-8,10,19H,9H2,1-3H3,(H,20,22)(H,21,23). The average Bonchev–Trinajstić information content (AvgIpc) is 3.07. The minimum absolute atomic E-state index is 0.203. The van der Waals surface area contributed by atoms with E-state index in [2.05, 4.69) is 15.8 Å². The van der Waals surface area contributed by atoms with Gasteiger partial charge in [0.1, 0.15) is 11.4 Å². The Morgan fingerprint density at radius 1 is 1.29 bits per heavy atom. The monoisotopic (exact) mass is 349 g/mol. The van der Waals surface area contributed by atoms with E-state index >= 15 is 0 Å². The number of H-pyrrole nitrogens is 1. The minimum Gasteiger partial charge on any atom is -0.483 e. The van der Waals surface area contributed by atoms with Crippen LogP contribution in [0.15, 0.2) is 30.5 Å². The van der Waals surface area contributed by atoms with Crippen molar-refractivity contribution in [2.75, 3.05) is 6.61 Å². The van der Waals surface area contributed by atoms with Crippen molar-refractivity contribution in [1.29, 1.82) is 0 Å². The highest BCUT2D eigenvalue weighted by atomic mass is 35.5. The molecule has 1 aromatic heterocycles. The van der Waals surface area contributed by atoms with Crippen LogP contribution in [0, 0.1) is 6.92 Å². The summed E-state index contributed by atoms with van der Waals surface area (Å²) in [6, 6.07) is 6.95. The highest BCUT2D eigenvalue weighted by Crippen LogP contribution is 2.31. The number of carbonyl (C=O) groups is 2. The molecule has 3 N–H and O–H groups in total. The Balaban J connectivity index is 1.92. The molecule has 0 aliphatic carbocycles. The number of rotatable bonds is 5. The SMILES string of the molecule is Cc1cc(OCC(=O)NNC(=O)c2ccc[nH]2)c(C(C)C)cc1Cl. The molecule has 0 unspecified atom stereocenters. The molecule has 2 amide bonds. The molecule has 7 heteroatoms. The predicted octanol–water partition coefficient (Wildman–Crippen LogP) is 2.94. The topological polar surface area (TPSA) is 83.2 Å². The van der Waals surface area contributed by atoms with Crippen molar-refractivity contribution in [3.8, 4) is 5.75 Å². The number of hydrogen-bond acceptors (Lipinski definition) is 3. The normalized spacial score (nSPS) is 10.5. The summed E-state index contributed by atoms with van der Waals surface area (Å²) in [6.07, 6.45) is 1.62. The number of halogens is 1. The van der Waals surface area contributed by atoms with Crippen LogP contribution in [0.2, 0.25) is 5.02 Å². The van der Waals surface area contributed by atoms with Gasteiger partial charge in [0, 0.05) is 11.2 Å². The van der Waals surface area contributed by atoms with Crippen LogP contribution in [0.5, 0.6) is 5.75 Å². The largest absolute Gasteiger partial charge is 0.483 e.